The number of amides is 3. The van der Waals surface area contributed by atoms with Gasteiger partial charge in [-0.05, 0) is 83.9 Å². The predicted octanol–water partition coefficient (Wildman–Crippen LogP) is 6.54. The molecular formula is C33H35F4N5O6. The van der Waals surface area contributed by atoms with Gasteiger partial charge in [-0.3, -0.25) is 4.79 Å². The van der Waals surface area contributed by atoms with E-state index in [-0.39, 0.29) is 28.3 Å². The Morgan fingerprint density at radius 1 is 0.938 bits per heavy atom. The summed E-state index contributed by atoms with van der Waals surface area (Å²) in [5.41, 5.74) is -2.64. The molecule has 0 radical (unpaired) electrons. The number of rotatable bonds is 7. The van der Waals surface area contributed by atoms with Crippen molar-refractivity contribution < 1.29 is 46.5 Å². The number of pyridine rings is 1. The number of aliphatic hydroxyl groups is 1. The molecule has 0 saturated carbocycles. The second kappa shape index (κ2) is 13.2. The van der Waals surface area contributed by atoms with Crippen LogP contribution in [0.5, 0.6) is 0 Å². The Morgan fingerprint density at radius 2 is 1.52 bits per heavy atom. The second-order valence-electron chi connectivity index (χ2n) is 12.9. The minimum atomic E-state index is -3.84. The van der Waals surface area contributed by atoms with Gasteiger partial charge in [-0.15, -0.1) is 10.00 Å². The first-order valence-electron chi connectivity index (χ1n) is 14.7. The van der Waals surface area contributed by atoms with Crippen LogP contribution in [0.25, 0.3) is 16.8 Å². The van der Waals surface area contributed by atoms with Crippen molar-refractivity contribution in [3.05, 3.63) is 83.1 Å². The number of fused-ring (bicyclic) bond motifs is 1. The van der Waals surface area contributed by atoms with Crippen LogP contribution in [0.4, 0.5) is 33.1 Å². The van der Waals surface area contributed by atoms with Gasteiger partial charge in [0.15, 0.2) is 5.65 Å². The number of halogens is 4. The molecule has 48 heavy (non-hydrogen) atoms. The van der Waals surface area contributed by atoms with Gasteiger partial charge < -0.3 is 19.9 Å². The van der Waals surface area contributed by atoms with Gasteiger partial charge in [-0.2, -0.15) is 13.8 Å². The maximum atomic E-state index is 15.9. The molecule has 1 atom stereocenters. The maximum absolute atomic E-state index is 15.9. The molecule has 2 aromatic carbocycles. The zero-order chi connectivity index (χ0) is 35.8. The van der Waals surface area contributed by atoms with Crippen LogP contribution in [-0.2, 0) is 15.4 Å². The highest BCUT2D eigenvalue weighted by Gasteiger charge is 2.41. The molecular weight excluding hydrogens is 638 g/mol. The van der Waals surface area contributed by atoms with Crippen molar-refractivity contribution in [3.8, 4) is 11.1 Å². The number of aliphatic hydroxyl groups excluding tert-OH is 1. The summed E-state index contributed by atoms with van der Waals surface area (Å²) in [6.45, 7) is 10.2. The number of ether oxygens (including phenoxy) is 2. The molecule has 0 bridgehead atoms. The molecule has 2 aromatic heterocycles. The fourth-order valence-electron chi connectivity index (χ4n) is 4.43. The summed E-state index contributed by atoms with van der Waals surface area (Å²) >= 11 is 0. The molecule has 0 fully saturated rings. The summed E-state index contributed by atoms with van der Waals surface area (Å²) in [6, 6.07) is 8.94. The van der Waals surface area contributed by atoms with E-state index < -0.39 is 70.6 Å². The lowest BCUT2D eigenvalue weighted by molar-refractivity contribution is -0.112. The van der Waals surface area contributed by atoms with E-state index in [2.05, 4.69) is 15.4 Å². The Kier molecular flexibility index (Phi) is 9.86. The molecule has 256 valence electrons. The molecule has 15 heteroatoms. The monoisotopic (exact) mass is 673 g/mol. The van der Waals surface area contributed by atoms with E-state index in [1.54, 1.807) is 41.5 Å². The van der Waals surface area contributed by atoms with E-state index in [0.717, 1.165) is 24.3 Å². The van der Waals surface area contributed by atoms with Crippen LogP contribution in [-0.4, -0.2) is 61.6 Å². The average Bonchev–Trinajstić information content (AvgIpc) is 3.36. The summed E-state index contributed by atoms with van der Waals surface area (Å²) < 4.78 is 70.5. The highest BCUT2D eigenvalue weighted by Crippen LogP contribution is 2.32. The van der Waals surface area contributed by atoms with Crippen LogP contribution in [0.2, 0.25) is 0 Å². The highest BCUT2D eigenvalue weighted by atomic mass is 19.3. The van der Waals surface area contributed by atoms with Crippen molar-refractivity contribution in [2.75, 3.05) is 11.4 Å². The van der Waals surface area contributed by atoms with Gasteiger partial charge in [-0.25, -0.2) is 22.9 Å². The van der Waals surface area contributed by atoms with Crippen molar-refractivity contribution >= 4 is 29.7 Å². The van der Waals surface area contributed by atoms with Crippen LogP contribution < -0.4 is 10.2 Å². The number of alkyl halides is 2. The van der Waals surface area contributed by atoms with Gasteiger partial charge >= 0.3 is 12.2 Å². The Bertz CT molecular complexity index is 1820. The zero-order valence-electron chi connectivity index (χ0n) is 27.3. The second-order valence-corrected chi connectivity index (χ2v) is 12.9. The zero-order valence-corrected chi connectivity index (χ0v) is 27.3. The predicted molar refractivity (Wildman–Crippen MR) is 167 cm³/mol. The minimum Gasteiger partial charge on any atom is -0.443 e. The number of aromatic nitrogens is 3. The molecule has 0 aliphatic carbocycles. The number of hydrogen-bond acceptors (Lipinski definition) is 8. The number of nitrogens with one attached hydrogen (secondary N) is 1. The number of imide groups is 1. The SMILES string of the molecule is Cc1ccc(-c2ccn3nc(N(C(=O)OC(C)(C)C)C(=O)OC(C)(C)C)nc3c2)c(F)c1C(=O)NCC(O)C(F)(F)c1ccc(F)cc1. The van der Waals surface area contributed by atoms with E-state index in [1.807, 2.05) is 0 Å². The number of anilines is 1. The maximum Gasteiger partial charge on any atom is 0.427 e. The first kappa shape index (κ1) is 35.8. The van der Waals surface area contributed by atoms with E-state index in [1.165, 1.54) is 41.9 Å². The van der Waals surface area contributed by atoms with Gasteiger partial charge in [-0.1, -0.05) is 24.3 Å². The summed E-state index contributed by atoms with van der Waals surface area (Å²) in [4.78, 5) is 43.9. The molecule has 1 unspecified atom stereocenters. The highest BCUT2D eigenvalue weighted by molar-refractivity contribution is 6.08. The van der Waals surface area contributed by atoms with Crippen LogP contribution in [0.3, 0.4) is 0 Å². The molecule has 11 nitrogen and oxygen atoms in total. The van der Waals surface area contributed by atoms with Crippen LogP contribution in [0.15, 0.2) is 54.7 Å². The Balaban J connectivity index is 1.62. The molecule has 4 aromatic rings. The van der Waals surface area contributed by atoms with Crippen molar-refractivity contribution in [1.29, 1.82) is 0 Å². The molecule has 2 N–H and O–H groups in total. The standard InChI is InChI=1S/C33H35F4N5O6/c1-18-8-13-22(26(35)25(18)27(44)38-17-23(43)33(36,37)20-9-11-21(34)12-10-20)19-14-15-41-24(16-19)39-28(40-41)42(29(45)47-31(2,3)4)30(46)48-32(5,6)7/h8-16,23,43H,17H2,1-7H3,(H,38,44). The quantitative estimate of drug-likeness (QED) is 0.211. The number of nitrogens with zero attached hydrogens (tertiary/aromatic N) is 4. The van der Waals surface area contributed by atoms with Gasteiger partial charge in [0.1, 0.15) is 28.9 Å². The van der Waals surface area contributed by atoms with E-state index in [4.69, 9.17) is 9.47 Å². The normalized spacial score (nSPS) is 12.8. The summed E-state index contributed by atoms with van der Waals surface area (Å²) in [7, 11) is 0. The molecule has 4 rings (SSSR count). The largest absolute Gasteiger partial charge is 0.443 e. The Hall–Kier alpha value is -5.05. The van der Waals surface area contributed by atoms with Gasteiger partial charge in [0, 0.05) is 17.3 Å². The average molecular weight is 674 g/mol. The molecule has 2 heterocycles. The lowest BCUT2D eigenvalue weighted by Crippen LogP contribution is -2.44. The van der Waals surface area contributed by atoms with E-state index in [9.17, 15) is 32.7 Å². The smallest absolute Gasteiger partial charge is 0.427 e. The number of aryl methyl sites for hydroxylation is 1. The molecule has 0 aliphatic rings. The number of benzene rings is 2. The van der Waals surface area contributed by atoms with Crippen LogP contribution in [0.1, 0.15) is 63.0 Å². The molecule has 3 amide bonds. The van der Waals surface area contributed by atoms with E-state index >= 15 is 4.39 Å². The Labute approximate surface area is 273 Å². The molecule has 0 saturated heterocycles. The van der Waals surface area contributed by atoms with Crippen molar-refractivity contribution in [3.63, 3.8) is 0 Å². The lowest BCUT2D eigenvalue weighted by Gasteiger charge is -2.26. The number of carbonyl (C=O) groups is 3. The Morgan fingerprint density at radius 3 is 2.08 bits per heavy atom. The number of carbonyl (C=O) groups excluding carboxylic acids is 3. The fraction of sp³-hybridized carbons (Fsp3) is 0.364. The van der Waals surface area contributed by atoms with Gasteiger partial charge in [0.05, 0.1) is 12.1 Å². The van der Waals surface area contributed by atoms with Crippen molar-refractivity contribution in [2.24, 2.45) is 0 Å². The summed E-state index contributed by atoms with van der Waals surface area (Å²) in [5, 5.41) is 16.5. The fourth-order valence-corrected chi connectivity index (χ4v) is 4.43. The third-order valence-corrected chi connectivity index (χ3v) is 6.67. The number of hydrogen-bond donors (Lipinski definition) is 2. The molecule has 0 aliphatic heterocycles. The first-order chi connectivity index (χ1) is 22.2. The minimum absolute atomic E-state index is 0.0638. The van der Waals surface area contributed by atoms with Gasteiger partial charge in [0.25, 0.3) is 17.8 Å². The van der Waals surface area contributed by atoms with Crippen molar-refractivity contribution in [2.45, 2.75) is 71.7 Å². The third kappa shape index (κ3) is 8.08. The third-order valence-electron chi connectivity index (χ3n) is 6.67. The topological polar surface area (TPSA) is 135 Å². The molecule has 0 spiro atoms. The van der Waals surface area contributed by atoms with Crippen LogP contribution in [0, 0.1) is 18.6 Å². The summed E-state index contributed by atoms with van der Waals surface area (Å²) in [5.74, 6) is -7.00. The lowest BCUT2D eigenvalue weighted by atomic mass is 9.98. The van der Waals surface area contributed by atoms with Crippen molar-refractivity contribution in [1.82, 2.24) is 19.9 Å². The van der Waals surface area contributed by atoms with Gasteiger partial charge in [0.2, 0.25) is 0 Å². The van der Waals surface area contributed by atoms with Crippen LogP contribution >= 0.6 is 0 Å². The first-order valence-corrected chi connectivity index (χ1v) is 14.7. The van der Waals surface area contributed by atoms with E-state index in [0.29, 0.717) is 4.90 Å². The summed E-state index contributed by atoms with van der Waals surface area (Å²) in [6.07, 6.45) is -3.19.